The molecule has 20 heavy (non-hydrogen) atoms. The first-order chi connectivity index (χ1) is 9.78. The van der Waals surface area contributed by atoms with Gasteiger partial charge >= 0.3 is 0 Å². The van der Waals surface area contributed by atoms with Crippen LogP contribution in [0.3, 0.4) is 0 Å². The van der Waals surface area contributed by atoms with Gasteiger partial charge in [-0.2, -0.15) is 0 Å². The first-order valence-corrected chi connectivity index (χ1v) is 7.23. The fraction of sp³-hybridized carbons (Fsp3) is 0.500. The Morgan fingerprint density at radius 2 is 1.70 bits per heavy atom. The fourth-order valence-electron chi connectivity index (χ4n) is 4.21. The summed E-state index contributed by atoms with van der Waals surface area (Å²) in [6.07, 6.45) is 4.27. The van der Waals surface area contributed by atoms with Crippen molar-refractivity contribution >= 4 is 5.65 Å². The lowest BCUT2D eigenvalue weighted by molar-refractivity contribution is -0.991. The second kappa shape index (κ2) is 3.79. The predicted molar refractivity (Wildman–Crippen MR) is 73.9 cm³/mol. The Kier molecular flexibility index (Phi) is 2.13. The minimum Gasteiger partial charge on any atom is -0.307 e. The van der Waals surface area contributed by atoms with Crippen LogP contribution >= 0.6 is 0 Å². The van der Waals surface area contributed by atoms with Crippen LogP contribution in [0.4, 0.5) is 0 Å². The lowest BCUT2D eigenvalue weighted by Gasteiger charge is -2.60. The minimum absolute atomic E-state index is 1.03. The second-order valence-electron chi connectivity index (χ2n) is 6.56. The quantitative estimate of drug-likeness (QED) is 0.736. The maximum absolute atomic E-state index is 4.78. The van der Waals surface area contributed by atoms with E-state index in [9.17, 15) is 0 Å². The molecule has 0 amide bonds. The van der Waals surface area contributed by atoms with Crippen molar-refractivity contribution in [2.24, 2.45) is 0 Å². The average molecular weight is 271 g/mol. The van der Waals surface area contributed by atoms with Gasteiger partial charge in [-0.3, -0.25) is 4.48 Å². The number of quaternary nitrogens is 1. The molecule has 0 atom stereocenters. The van der Waals surface area contributed by atoms with E-state index in [0.717, 1.165) is 36.7 Å². The molecule has 4 aliphatic heterocycles. The molecule has 0 aliphatic carbocycles. The van der Waals surface area contributed by atoms with Crippen molar-refractivity contribution < 1.29 is 4.48 Å². The number of nitrogens with zero attached hydrogens (tertiary/aromatic N) is 6. The third-order valence-corrected chi connectivity index (χ3v) is 4.61. The molecule has 2 aromatic rings. The fourth-order valence-corrected chi connectivity index (χ4v) is 4.21. The van der Waals surface area contributed by atoms with E-state index in [1.807, 2.05) is 0 Å². The third kappa shape index (κ3) is 1.63. The summed E-state index contributed by atoms with van der Waals surface area (Å²) < 4.78 is 3.24. The number of pyridine rings is 1. The van der Waals surface area contributed by atoms with E-state index in [0.29, 0.717) is 0 Å². The zero-order valence-corrected chi connectivity index (χ0v) is 11.5. The number of fused-ring (bicyclic) bond motifs is 1. The van der Waals surface area contributed by atoms with Crippen molar-refractivity contribution in [2.45, 2.75) is 6.54 Å². The molecule has 2 aromatic heterocycles. The molecule has 0 radical (unpaired) electrons. The molecule has 0 N–H and O–H groups in total. The van der Waals surface area contributed by atoms with Crippen LogP contribution in [-0.4, -0.2) is 68.6 Å². The van der Waals surface area contributed by atoms with Gasteiger partial charge in [0.2, 0.25) is 0 Å². The molecule has 0 saturated carbocycles. The highest BCUT2D eigenvalue weighted by Crippen LogP contribution is 2.30. The number of rotatable bonds is 2. The summed E-state index contributed by atoms with van der Waals surface area (Å²) in [5, 5.41) is 0. The summed E-state index contributed by atoms with van der Waals surface area (Å²) in [4.78, 5) is 12.4. The molecule has 4 fully saturated rings. The van der Waals surface area contributed by atoms with E-state index < -0.39 is 0 Å². The van der Waals surface area contributed by atoms with Crippen molar-refractivity contribution in [2.75, 3.05) is 40.0 Å². The summed E-state index contributed by atoms with van der Waals surface area (Å²) in [5.41, 5.74) is 2.26. The molecular formula is C14H19N6+. The summed E-state index contributed by atoms with van der Waals surface area (Å²) in [5.74, 6) is 0. The van der Waals surface area contributed by atoms with Crippen LogP contribution in [0, 0.1) is 0 Å². The van der Waals surface area contributed by atoms with Crippen LogP contribution in [0.2, 0.25) is 0 Å². The van der Waals surface area contributed by atoms with Crippen LogP contribution in [-0.2, 0) is 6.54 Å². The maximum Gasteiger partial charge on any atom is 0.139 e. The van der Waals surface area contributed by atoms with Gasteiger partial charge in [0.15, 0.2) is 0 Å². The molecule has 4 bridgehead atoms. The van der Waals surface area contributed by atoms with Gasteiger partial charge in [0.05, 0.1) is 20.0 Å². The standard InChI is InChI=1S/C14H19N6/c1-2-4-19-5-13(15-14(19)3-1)6-20-10-16-7-17(11-20)9-18(8-16)12-20/h1-5H,6-12H2/q+1. The molecule has 0 aromatic carbocycles. The Bertz CT molecular complexity index is 594. The van der Waals surface area contributed by atoms with Crippen LogP contribution in [0.15, 0.2) is 30.6 Å². The third-order valence-electron chi connectivity index (χ3n) is 4.61. The predicted octanol–water partition coefficient (Wildman–Crippen LogP) is 0.343. The second-order valence-corrected chi connectivity index (χ2v) is 6.56. The van der Waals surface area contributed by atoms with E-state index >= 15 is 0 Å². The molecule has 6 rings (SSSR count). The Balaban J connectivity index is 1.48. The lowest BCUT2D eigenvalue weighted by atomic mass is 10.2. The van der Waals surface area contributed by atoms with E-state index in [1.54, 1.807) is 0 Å². The van der Waals surface area contributed by atoms with Crippen LogP contribution in [0.1, 0.15) is 5.69 Å². The minimum atomic E-state index is 1.03. The maximum atomic E-state index is 4.78. The SMILES string of the molecule is c1ccn2cc(C[N+]34CN5CN(CN(C5)C3)C4)nc2c1. The Morgan fingerprint density at radius 3 is 2.35 bits per heavy atom. The Morgan fingerprint density at radius 1 is 1.00 bits per heavy atom. The van der Waals surface area contributed by atoms with Crippen molar-refractivity contribution in [3.63, 3.8) is 0 Å². The van der Waals surface area contributed by atoms with Crippen molar-refractivity contribution in [1.29, 1.82) is 0 Å². The van der Waals surface area contributed by atoms with Gasteiger partial charge in [0.1, 0.15) is 37.9 Å². The summed E-state index contributed by atoms with van der Waals surface area (Å²) in [7, 11) is 0. The Hall–Kier alpha value is -1.47. The highest BCUT2D eigenvalue weighted by atomic mass is 15.7. The first-order valence-electron chi connectivity index (χ1n) is 7.23. The largest absolute Gasteiger partial charge is 0.307 e. The van der Waals surface area contributed by atoms with Crippen molar-refractivity contribution in [1.82, 2.24) is 24.1 Å². The highest BCUT2D eigenvalue weighted by molar-refractivity contribution is 5.39. The number of hydrogen-bond donors (Lipinski definition) is 0. The number of aromatic nitrogens is 2. The topological polar surface area (TPSA) is 27.0 Å². The average Bonchev–Trinajstić information content (AvgIpc) is 2.77. The molecule has 0 spiro atoms. The van der Waals surface area contributed by atoms with Crippen LogP contribution in [0.25, 0.3) is 5.65 Å². The Labute approximate surface area is 118 Å². The van der Waals surface area contributed by atoms with Gasteiger partial charge < -0.3 is 4.40 Å². The van der Waals surface area contributed by atoms with Crippen molar-refractivity contribution in [3.05, 3.63) is 36.3 Å². The lowest BCUT2D eigenvalue weighted by Crippen LogP contribution is -2.78. The molecule has 4 aliphatic rings. The normalized spacial score (nSPS) is 38.7. The molecule has 4 saturated heterocycles. The number of hydrogen-bond acceptors (Lipinski definition) is 4. The van der Waals surface area contributed by atoms with Gasteiger partial charge in [-0.25, -0.2) is 19.7 Å². The highest BCUT2D eigenvalue weighted by Gasteiger charge is 2.48. The zero-order chi connectivity index (χ0) is 13.2. The van der Waals surface area contributed by atoms with Crippen LogP contribution < -0.4 is 0 Å². The van der Waals surface area contributed by atoms with Gasteiger partial charge in [0, 0.05) is 12.4 Å². The van der Waals surface area contributed by atoms with E-state index in [-0.39, 0.29) is 0 Å². The number of imidazole rings is 1. The molecule has 6 heterocycles. The first kappa shape index (κ1) is 11.2. The molecule has 0 unspecified atom stereocenters. The monoisotopic (exact) mass is 271 g/mol. The van der Waals surface area contributed by atoms with E-state index in [4.69, 9.17) is 4.98 Å². The summed E-state index contributed by atoms with van der Waals surface area (Å²) >= 11 is 0. The van der Waals surface area contributed by atoms with Gasteiger partial charge in [0.25, 0.3) is 0 Å². The van der Waals surface area contributed by atoms with E-state index in [1.165, 1.54) is 25.7 Å². The van der Waals surface area contributed by atoms with Gasteiger partial charge in [-0.1, -0.05) is 6.07 Å². The summed E-state index contributed by atoms with van der Waals surface area (Å²) in [6.45, 7) is 7.96. The van der Waals surface area contributed by atoms with Crippen molar-refractivity contribution in [3.8, 4) is 0 Å². The zero-order valence-electron chi connectivity index (χ0n) is 11.5. The molecular weight excluding hydrogens is 252 g/mol. The van der Waals surface area contributed by atoms with E-state index in [2.05, 4.69) is 49.7 Å². The van der Waals surface area contributed by atoms with Gasteiger partial charge in [-0.15, -0.1) is 0 Å². The van der Waals surface area contributed by atoms with Crippen LogP contribution in [0.5, 0.6) is 0 Å². The smallest absolute Gasteiger partial charge is 0.139 e. The summed E-state index contributed by atoms with van der Waals surface area (Å²) in [6, 6.07) is 6.18. The molecule has 6 heteroatoms. The van der Waals surface area contributed by atoms with Gasteiger partial charge in [-0.05, 0) is 12.1 Å². The molecule has 6 nitrogen and oxygen atoms in total. The molecule has 104 valence electrons.